The van der Waals surface area contributed by atoms with Crippen LogP contribution in [0.25, 0.3) is 21.7 Å². The van der Waals surface area contributed by atoms with E-state index in [1.807, 2.05) is 0 Å². The fourth-order valence-electron chi connectivity index (χ4n) is 2.94. The highest BCUT2D eigenvalue weighted by Crippen LogP contribution is 2.31. The van der Waals surface area contributed by atoms with Crippen molar-refractivity contribution in [3.8, 4) is 0 Å². The normalized spacial score (nSPS) is 11.2. The Morgan fingerprint density at radius 1 is 1.29 bits per heavy atom. The molecule has 2 heterocycles. The zero-order chi connectivity index (χ0) is 17.6. The number of hydrogen-bond acceptors (Lipinski definition) is 5. The van der Waals surface area contributed by atoms with E-state index in [0.29, 0.717) is 31.9 Å². The molecule has 7 heteroatoms. The van der Waals surface area contributed by atoms with Crippen LogP contribution < -0.4 is 5.56 Å². The van der Waals surface area contributed by atoms with Gasteiger partial charge in [0.2, 0.25) is 0 Å². The molecule has 1 N–H and O–H groups in total. The third-order valence-corrected chi connectivity index (χ3v) is 4.14. The highest BCUT2D eigenvalue weighted by molar-refractivity contribution is 6.32. The highest BCUT2D eigenvalue weighted by atomic mass is 35.5. The van der Waals surface area contributed by atoms with Crippen molar-refractivity contribution in [3.63, 3.8) is 0 Å². The number of aryl methyl sites for hydroxylation is 2. The molecule has 0 atom stereocenters. The van der Waals surface area contributed by atoms with Gasteiger partial charge in [-0.3, -0.25) is 9.78 Å². The van der Waals surface area contributed by atoms with Gasteiger partial charge in [-0.25, -0.2) is 4.79 Å². The lowest BCUT2D eigenvalue weighted by Crippen LogP contribution is -2.22. The quantitative estimate of drug-likeness (QED) is 0.437. The van der Waals surface area contributed by atoms with Gasteiger partial charge in [0.25, 0.3) is 5.56 Å². The Morgan fingerprint density at radius 2 is 2.00 bits per heavy atom. The van der Waals surface area contributed by atoms with Gasteiger partial charge in [0.05, 0.1) is 34.5 Å². The standard InChI is InChI=1S/C17H15ClN2O4/c1-4-24-17(22)14-9(3)19-8(2)13-15(14)11-7-10(18)5-6-12(11)20(23)16(13)21/h5-7,23H,4H2,1-3H3. The number of rotatable bonds is 2. The summed E-state index contributed by atoms with van der Waals surface area (Å²) in [5.41, 5.74) is 0.699. The van der Waals surface area contributed by atoms with Gasteiger partial charge in [-0.2, -0.15) is 0 Å². The predicted molar refractivity (Wildman–Crippen MR) is 91.1 cm³/mol. The first-order valence-corrected chi connectivity index (χ1v) is 7.76. The van der Waals surface area contributed by atoms with Crippen LogP contribution in [0.5, 0.6) is 0 Å². The maximum atomic E-state index is 12.6. The molecule has 0 radical (unpaired) electrons. The van der Waals surface area contributed by atoms with Crippen molar-refractivity contribution < 1.29 is 14.7 Å². The van der Waals surface area contributed by atoms with Gasteiger partial charge in [-0.1, -0.05) is 11.6 Å². The minimum atomic E-state index is -0.643. The predicted octanol–water partition coefficient (Wildman–Crippen LogP) is 3.23. The molecule has 0 bridgehead atoms. The van der Waals surface area contributed by atoms with Crippen molar-refractivity contribution in [3.05, 3.63) is 50.5 Å². The van der Waals surface area contributed by atoms with E-state index < -0.39 is 11.5 Å². The largest absolute Gasteiger partial charge is 0.462 e. The summed E-state index contributed by atoms with van der Waals surface area (Å²) in [6.07, 6.45) is 0. The molecule has 0 aliphatic carbocycles. The highest BCUT2D eigenvalue weighted by Gasteiger charge is 2.23. The number of hydrogen-bond donors (Lipinski definition) is 1. The second-order valence-electron chi connectivity index (χ2n) is 5.41. The summed E-state index contributed by atoms with van der Waals surface area (Å²) in [4.78, 5) is 29.3. The fraction of sp³-hybridized carbons (Fsp3) is 0.235. The zero-order valence-electron chi connectivity index (χ0n) is 13.4. The molecule has 0 saturated carbocycles. The average molecular weight is 347 g/mol. The number of nitrogens with zero attached hydrogens (tertiary/aromatic N) is 2. The minimum Gasteiger partial charge on any atom is -0.462 e. The average Bonchev–Trinajstić information content (AvgIpc) is 2.52. The van der Waals surface area contributed by atoms with Crippen molar-refractivity contribution in [1.29, 1.82) is 0 Å². The van der Waals surface area contributed by atoms with E-state index in [-0.39, 0.29) is 23.1 Å². The van der Waals surface area contributed by atoms with Crippen molar-refractivity contribution >= 4 is 39.2 Å². The van der Waals surface area contributed by atoms with Crippen LogP contribution in [0, 0.1) is 13.8 Å². The summed E-state index contributed by atoms with van der Waals surface area (Å²) < 4.78 is 5.67. The van der Waals surface area contributed by atoms with E-state index >= 15 is 0 Å². The van der Waals surface area contributed by atoms with E-state index in [0.717, 1.165) is 0 Å². The molecule has 2 aromatic heterocycles. The number of pyridine rings is 2. The molecule has 1 aromatic carbocycles. The van der Waals surface area contributed by atoms with Crippen molar-refractivity contribution in [1.82, 2.24) is 9.71 Å². The summed E-state index contributed by atoms with van der Waals surface area (Å²) in [6.45, 7) is 5.23. The number of ether oxygens (including phenoxy) is 1. The second-order valence-corrected chi connectivity index (χ2v) is 5.84. The molecule has 0 amide bonds. The van der Waals surface area contributed by atoms with Gasteiger partial charge >= 0.3 is 5.97 Å². The van der Waals surface area contributed by atoms with Crippen LogP contribution in [0.1, 0.15) is 28.7 Å². The lowest BCUT2D eigenvalue weighted by Gasteiger charge is -2.14. The maximum Gasteiger partial charge on any atom is 0.340 e. The Labute approximate surface area is 142 Å². The molecule has 3 rings (SSSR count). The number of aromatic nitrogens is 2. The Hall–Kier alpha value is -2.60. The zero-order valence-corrected chi connectivity index (χ0v) is 14.1. The Morgan fingerprint density at radius 3 is 2.67 bits per heavy atom. The van der Waals surface area contributed by atoms with Crippen LogP contribution in [0.2, 0.25) is 5.02 Å². The van der Waals surface area contributed by atoms with Crippen LogP contribution in [0.4, 0.5) is 0 Å². The molecule has 124 valence electrons. The molecule has 3 aromatic rings. The van der Waals surface area contributed by atoms with Gasteiger partial charge in [-0.05, 0) is 39.0 Å². The monoisotopic (exact) mass is 346 g/mol. The van der Waals surface area contributed by atoms with E-state index in [2.05, 4.69) is 4.98 Å². The number of esters is 1. The Kier molecular flexibility index (Phi) is 3.93. The lowest BCUT2D eigenvalue weighted by molar-refractivity contribution is 0.0527. The SMILES string of the molecule is CCOC(=O)c1c(C)nc(C)c2c(=O)n(O)c3ccc(Cl)cc3c12. The maximum absolute atomic E-state index is 12.6. The summed E-state index contributed by atoms with van der Waals surface area (Å²) in [6, 6.07) is 4.69. The van der Waals surface area contributed by atoms with Gasteiger partial charge in [-0.15, -0.1) is 4.73 Å². The van der Waals surface area contributed by atoms with Gasteiger partial charge < -0.3 is 9.94 Å². The van der Waals surface area contributed by atoms with Crippen LogP contribution in [-0.4, -0.2) is 27.5 Å². The van der Waals surface area contributed by atoms with Crippen LogP contribution in [0.3, 0.4) is 0 Å². The summed E-state index contributed by atoms with van der Waals surface area (Å²) >= 11 is 6.08. The molecular weight excluding hydrogens is 332 g/mol. The minimum absolute atomic E-state index is 0.168. The Balaban J connectivity index is 2.66. The topological polar surface area (TPSA) is 81.4 Å². The van der Waals surface area contributed by atoms with Gasteiger partial charge in [0.15, 0.2) is 0 Å². The number of carbonyl (C=O) groups is 1. The molecular formula is C17H15ClN2O4. The molecule has 0 fully saturated rings. The van der Waals surface area contributed by atoms with Crippen molar-refractivity contribution in [2.24, 2.45) is 0 Å². The van der Waals surface area contributed by atoms with Crippen molar-refractivity contribution in [2.45, 2.75) is 20.8 Å². The first kappa shape index (κ1) is 16.3. The number of halogens is 1. The fourth-order valence-corrected chi connectivity index (χ4v) is 3.11. The molecule has 0 aliphatic heterocycles. The van der Waals surface area contributed by atoms with E-state index in [1.165, 1.54) is 6.07 Å². The second kappa shape index (κ2) is 5.79. The summed E-state index contributed by atoms with van der Waals surface area (Å²) in [7, 11) is 0. The molecule has 0 saturated heterocycles. The van der Waals surface area contributed by atoms with E-state index in [9.17, 15) is 14.8 Å². The first-order chi connectivity index (χ1) is 11.4. The van der Waals surface area contributed by atoms with E-state index in [1.54, 1.807) is 32.9 Å². The molecule has 0 spiro atoms. The van der Waals surface area contributed by atoms with Crippen LogP contribution in [0.15, 0.2) is 23.0 Å². The van der Waals surface area contributed by atoms with Crippen LogP contribution in [-0.2, 0) is 4.74 Å². The van der Waals surface area contributed by atoms with Crippen molar-refractivity contribution in [2.75, 3.05) is 6.61 Å². The number of fused-ring (bicyclic) bond motifs is 3. The van der Waals surface area contributed by atoms with Crippen LogP contribution >= 0.6 is 11.6 Å². The molecule has 0 aliphatic rings. The van der Waals surface area contributed by atoms with Gasteiger partial charge in [0, 0.05) is 15.8 Å². The first-order valence-electron chi connectivity index (χ1n) is 7.38. The smallest absolute Gasteiger partial charge is 0.340 e. The van der Waals surface area contributed by atoms with E-state index in [4.69, 9.17) is 16.3 Å². The molecule has 24 heavy (non-hydrogen) atoms. The lowest BCUT2D eigenvalue weighted by atomic mass is 9.99. The molecule has 0 unspecified atom stereocenters. The summed E-state index contributed by atoms with van der Waals surface area (Å²) in [5, 5.41) is 11.7. The molecule has 6 nitrogen and oxygen atoms in total. The summed E-state index contributed by atoms with van der Waals surface area (Å²) in [5.74, 6) is -0.566. The third-order valence-electron chi connectivity index (χ3n) is 3.90. The van der Waals surface area contributed by atoms with Gasteiger partial charge in [0.1, 0.15) is 0 Å². The third kappa shape index (κ3) is 2.30. The Bertz CT molecular complexity index is 1060. The number of benzene rings is 1. The number of carbonyl (C=O) groups excluding carboxylic acids is 1.